The van der Waals surface area contributed by atoms with Gasteiger partial charge in [0.1, 0.15) is 11.6 Å². The number of carbonyl (C=O) groups excluding carboxylic acids is 2. The topological polar surface area (TPSA) is 78.3 Å². The molecule has 0 saturated carbocycles. The maximum Gasteiger partial charge on any atom is 0.262 e. The Labute approximate surface area is 190 Å². The third-order valence-corrected chi connectivity index (χ3v) is 7.12. The molecule has 0 fully saturated rings. The minimum Gasteiger partial charge on any atom is -0.389 e. The molecule has 1 unspecified atom stereocenters. The number of fused-ring (bicyclic) bond motifs is 10. The summed E-state index contributed by atoms with van der Waals surface area (Å²) in [5.74, 6) is -1.89. The number of rotatable bonds is 1. The summed E-state index contributed by atoms with van der Waals surface area (Å²) < 4.78 is 30.7. The molecule has 2 amide bonds. The van der Waals surface area contributed by atoms with E-state index >= 15 is 0 Å². The minimum absolute atomic E-state index is 0.192. The zero-order chi connectivity index (χ0) is 23.5. The molecule has 8 heteroatoms. The van der Waals surface area contributed by atoms with Gasteiger partial charge in [0.15, 0.2) is 0 Å². The molecule has 0 radical (unpaired) electrons. The van der Waals surface area contributed by atoms with Gasteiger partial charge in [-0.3, -0.25) is 14.5 Å². The largest absolute Gasteiger partial charge is 0.389 e. The van der Waals surface area contributed by atoms with E-state index in [1.165, 1.54) is 31.3 Å². The van der Waals surface area contributed by atoms with E-state index in [4.69, 9.17) is 0 Å². The molecule has 7 rings (SSSR count). The van der Waals surface area contributed by atoms with Crippen LogP contribution in [0.15, 0.2) is 48.6 Å². The van der Waals surface area contributed by atoms with E-state index in [1.54, 1.807) is 18.2 Å². The van der Waals surface area contributed by atoms with Gasteiger partial charge in [0, 0.05) is 46.0 Å². The van der Waals surface area contributed by atoms with Gasteiger partial charge in [-0.2, -0.15) is 0 Å². The fourth-order valence-electron chi connectivity index (χ4n) is 5.69. The lowest BCUT2D eigenvalue weighted by atomic mass is 9.96. The first-order valence-corrected chi connectivity index (χ1v) is 10.9. The fourth-order valence-corrected chi connectivity index (χ4v) is 5.69. The van der Waals surface area contributed by atoms with Gasteiger partial charge in [-0.1, -0.05) is 12.2 Å². The molecule has 6 nitrogen and oxygen atoms in total. The van der Waals surface area contributed by atoms with E-state index in [0.29, 0.717) is 50.0 Å². The number of imide groups is 1. The number of halogens is 2. The number of nitrogens with zero attached hydrogens (tertiary/aromatic N) is 2. The van der Waals surface area contributed by atoms with Gasteiger partial charge in [-0.15, -0.1) is 0 Å². The Balaban J connectivity index is 1.81. The molecule has 0 bridgehead atoms. The maximum atomic E-state index is 14.5. The molecule has 5 aromatic rings. The molecule has 3 aromatic carbocycles. The summed E-state index contributed by atoms with van der Waals surface area (Å²) in [7, 11) is 1.41. The highest BCUT2D eigenvalue weighted by Crippen LogP contribution is 2.46. The van der Waals surface area contributed by atoms with Crippen LogP contribution in [0, 0.1) is 11.6 Å². The zero-order valence-corrected chi connectivity index (χ0v) is 17.9. The van der Waals surface area contributed by atoms with Crippen LogP contribution in [0.4, 0.5) is 8.78 Å². The number of aromatic amines is 1. The van der Waals surface area contributed by atoms with Crippen LogP contribution in [0.3, 0.4) is 0 Å². The van der Waals surface area contributed by atoms with Gasteiger partial charge in [0.25, 0.3) is 11.8 Å². The standard InChI is InChI=1S/C26H17F2N3O3/c1-30-25(33)21-19-15-8-11(27)2-6-17(15)29-23(19)24-20(22(21)26(30)34)16-9-12(28)3-7-18(16)31(24)13-4-5-14(32)10-13/h2-9,13-14,29,32H,10H2,1H3/t13?,14-/m1/s1. The second-order valence-corrected chi connectivity index (χ2v) is 8.99. The van der Waals surface area contributed by atoms with Crippen LogP contribution in [-0.2, 0) is 0 Å². The van der Waals surface area contributed by atoms with Gasteiger partial charge in [0.2, 0.25) is 0 Å². The molecule has 34 heavy (non-hydrogen) atoms. The monoisotopic (exact) mass is 457 g/mol. The van der Waals surface area contributed by atoms with E-state index < -0.39 is 29.6 Å². The van der Waals surface area contributed by atoms with E-state index in [9.17, 15) is 23.5 Å². The van der Waals surface area contributed by atoms with Crippen molar-refractivity contribution in [2.75, 3.05) is 7.05 Å². The number of carbonyl (C=O) groups is 2. The second-order valence-electron chi connectivity index (χ2n) is 8.99. The maximum absolute atomic E-state index is 14.5. The molecular formula is C26H17F2N3O3. The number of nitrogens with one attached hydrogen (secondary N) is 1. The highest BCUT2D eigenvalue weighted by atomic mass is 19.1. The predicted octanol–water partition coefficient (Wildman–Crippen LogP) is 4.79. The van der Waals surface area contributed by atoms with Crippen molar-refractivity contribution >= 4 is 55.4 Å². The number of H-pyrrole nitrogens is 1. The lowest BCUT2D eigenvalue weighted by Gasteiger charge is -2.16. The summed E-state index contributed by atoms with van der Waals surface area (Å²) in [5.41, 5.74) is 2.86. The van der Waals surface area contributed by atoms with Crippen molar-refractivity contribution in [2.24, 2.45) is 0 Å². The third kappa shape index (κ3) is 2.25. The van der Waals surface area contributed by atoms with Crippen LogP contribution in [0.25, 0.3) is 43.6 Å². The number of aliphatic hydroxyl groups excluding tert-OH is 1. The smallest absolute Gasteiger partial charge is 0.262 e. The van der Waals surface area contributed by atoms with Crippen LogP contribution in [0.5, 0.6) is 0 Å². The highest BCUT2D eigenvalue weighted by molar-refractivity contribution is 6.39. The van der Waals surface area contributed by atoms with Crippen molar-refractivity contribution in [3.05, 3.63) is 71.3 Å². The molecule has 2 aliphatic rings. The van der Waals surface area contributed by atoms with Crippen LogP contribution in [0.1, 0.15) is 33.2 Å². The van der Waals surface area contributed by atoms with Crippen molar-refractivity contribution in [3.63, 3.8) is 0 Å². The molecule has 1 aliphatic carbocycles. The van der Waals surface area contributed by atoms with Gasteiger partial charge in [0.05, 0.1) is 34.3 Å². The van der Waals surface area contributed by atoms with E-state index in [1.807, 2.05) is 10.6 Å². The number of aliphatic hydroxyl groups is 1. The summed E-state index contributed by atoms with van der Waals surface area (Å²) in [5, 5.41) is 12.1. The molecular weight excluding hydrogens is 440 g/mol. The molecule has 168 valence electrons. The first kappa shape index (κ1) is 19.4. The average Bonchev–Trinajstić information content (AvgIpc) is 3.53. The fraction of sp³-hybridized carbons (Fsp3) is 0.154. The number of hydrogen-bond acceptors (Lipinski definition) is 3. The van der Waals surface area contributed by atoms with E-state index in [0.717, 1.165) is 4.90 Å². The second kappa shape index (κ2) is 6.30. The Morgan fingerprint density at radius 2 is 1.62 bits per heavy atom. The molecule has 0 spiro atoms. The van der Waals surface area contributed by atoms with Crippen LogP contribution < -0.4 is 0 Å². The van der Waals surface area contributed by atoms with Crippen molar-refractivity contribution in [2.45, 2.75) is 18.6 Å². The Bertz CT molecular complexity index is 1800. The Hall–Kier alpha value is -4.04. The van der Waals surface area contributed by atoms with Crippen LogP contribution in [0.2, 0.25) is 0 Å². The van der Waals surface area contributed by atoms with Crippen molar-refractivity contribution < 1.29 is 23.5 Å². The van der Waals surface area contributed by atoms with Gasteiger partial charge < -0.3 is 14.7 Å². The Kier molecular flexibility index (Phi) is 3.60. The molecule has 2 aromatic heterocycles. The summed E-state index contributed by atoms with van der Waals surface area (Å²) in [6, 6.07) is 8.39. The number of benzene rings is 3. The molecule has 1 aliphatic heterocycles. The molecule has 2 N–H and O–H groups in total. The minimum atomic E-state index is -0.631. The number of amides is 2. The molecule has 3 heterocycles. The van der Waals surface area contributed by atoms with Gasteiger partial charge >= 0.3 is 0 Å². The number of aromatic nitrogens is 2. The van der Waals surface area contributed by atoms with Crippen LogP contribution >= 0.6 is 0 Å². The van der Waals surface area contributed by atoms with E-state index in [2.05, 4.69) is 4.98 Å². The van der Waals surface area contributed by atoms with Gasteiger partial charge in [-0.05, 0) is 36.4 Å². The summed E-state index contributed by atoms with van der Waals surface area (Å²) in [6.07, 6.45) is 3.37. The lowest BCUT2D eigenvalue weighted by molar-refractivity contribution is 0.0694. The summed E-state index contributed by atoms with van der Waals surface area (Å²) >= 11 is 0. The highest BCUT2D eigenvalue weighted by Gasteiger charge is 2.40. The van der Waals surface area contributed by atoms with Crippen molar-refractivity contribution in [1.29, 1.82) is 0 Å². The normalized spacial score (nSPS) is 20.2. The number of hydrogen-bond donors (Lipinski definition) is 2. The summed E-state index contributed by atoms with van der Waals surface area (Å²) in [6.45, 7) is 0. The first-order chi connectivity index (χ1) is 16.3. The lowest BCUT2D eigenvalue weighted by Crippen LogP contribution is -2.24. The van der Waals surface area contributed by atoms with Gasteiger partial charge in [-0.25, -0.2) is 8.78 Å². The Morgan fingerprint density at radius 1 is 0.941 bits per heavy atom. The third-order valence-electron chi connectivity index (χ3n) is 7.12. The Morgan fingerprint density at radius 3 is 2.32 bits per heavy atom. The number of allylic oxidation sites excluding steroid dienone is 1. The van der Waals surface area contributed by atoms with Crippen LogP contribution in [-0.4, -0.2) is 44.5 Å². The van der Waals surface area contributed by atoms with Crippen molar-refractivity contribution in [1.82, 2.24) is 14.5 Å². The average molecular weight is 457 g/mol. The SMILES string of the molecule is CN1C(=O)c2c(c3c4cc(F)ccc4n(C4C=C[C@@H](O)C4)c3c3[nH]c4ccc(F)cc4c23)C1=O. The first-order valence-electron chi connectivity index (χ1n) is 10.9. The summed E-state index contributed by atoms with van der Waals surface area (Å²) in [4.78, 5) is 31.0. The molecule has 0 saturated heterocycles. The zero-order valence-electron chi connectivity index (χ0n) is 17.9. The quantitative estimate of drug-likeness (QED) is 0.281. The van der Waals surface area contributed by atoms with E-state index in [-0.39, 0.29) is 17.2 Å². The van der Waals surface area contributed by atoms with Crippen molar-refractivity contribution in [3.8, 4) is 0 Å². The molecule has 2 atom stereocenters. The predicted molar refractivity (Wildman–Crippen MR) is 124 cm³/mol.